The van der Waals surface area contributed by atoms with E-state index in [2.05, 4.69) is 4.98 Å². The van der Waals surface area contributed by atoms with Gasteiger partial charge < -0.3 is 5.11 Å². The Labute approximate surface area is 115 Å². The van der Waals surface area contributed by atoms with Crippen LogP contribution in [-0.4, -0.2) is 20.6 Å². The number of rotatable bonds is 2. The van der Waals surface area contributed by atoms with Crippen LogP contribution >= 0.6 is 22.9 Å². The molecule has 2 heterocycles. The van der Waals surface area contributed by atoms with Gasteiger partial charge in [-0.15, -0.1) is 11.3 Å². The van der Waals surface area contributed by atoms with Crippen LogP contribution in [0, 0.1) is 0 Å². The summed E-state index contributed by atoms with van der Waals surface area (Å²) in [5.41, 5.74) is 0.168. The van der Waals surface area contributed by atoms with Gasteiger partial charge in [-0.3, -0.25) is 14.2 Å². The third-order valence-corrected chi connectivity index (χ3v) is 4.17. The molecule has 96 valence electrons. The van der Waals surface area contributed by atoms with Crippen LogP contribution < -0.4 is 5.56 Å². The van der Waals surface area contributed by atoms with Gasteiger partial charge in [-0.05, 0) is 12.1 Å². The summed E-state index contributed by atoms with van der Waals surface area (Å²) >= 11 is 7.39. The number of aliphatic carboxylic acids is 1. The summed E-state index contributed by atoms with van der Waals surface area (Å²) in [5, 5.41) is 10.0. The minimum absolute atomic E-state index is 0.357. The predicted molar refractivity (Wildman–Crippen MR) is 74.0 cm³/mol. The topological polar surface area (TPSA) is 72.2 Å². The fourth-order valence-corrected chi connectivity index (χ4v) is 3.38. The summed E-state index contributed by atoms with van der Waals surface area (Å²) in [7, 11) is 0. The van der Waals surface area contributed by atoms with Crippen molar-refractivity contribution < 1.29 is 9.90 Å². The molecule has 0 atom stereocenters. The van der Waals surface area contributed by atoms with E-state index < -0.39 is 12.5 Å². The molecule has 0 unspecified atom stereocenters. The number of aromatic nitrogens is 2. The van der Waals surface area contributed by atoms with Crippen molar-refractivity contribution in [2.24, 2.45) is 0 Å². The Balaban J connectivity index is 2.39. The summed E-state index contributed by atoms with van der Waals surface area (Å²) in [6, 6.07) is 5.39. The van der Waals surface area contributed by atoms with Gasteiger partial charge in [0.1, 0.15) is 11.2 Å². The highest BCUT2D eigenvalue weighted by molar-refractivity contribution is 7.25. The first kappa shape index (κ1) is 12.1. The maximum absolute atomic E-state index is 12.2. The second-order valence-electron chi connectivity index (χ2n) is 3.96. The number of benzene rings is 1. The van der Waals surface area contributed by atoms with Crippen molar-refractivity contribution in [2.45, 2.75) is 6.54 Å². The average Bonchev–Trinajstić information content (AvgIpc) is 2.73. The Morgan fingerprint density at radius 2 is 2.26 bits per heavy atom. The molecule has 19 heavy (non-hydrogen) atoms. The largest absolute Gasteiger partial charge is 0.480 e. The van der Waals surface area contributed by atoms with Gasteiger partial charge in [0, 0.05) is 10.1 Å². The Morgan fingerprint density at radius 3 is 3.00 bits per heavy atom. The van der Waals surface area contributed by atoms with Crippen LogP contribution in [0.3, 0.4) is 0 Å². The molecular formula is C12H7ClN2O3S. The second kappa shape index (κ2) is 4.32. The van der Waals surface area contributed by atoms with Crippen molar-refractivity contribution in [2.75, 3.05) is 0 Å². The summed E-state index contributed by atoms with van der Waals surface area (Å²) < 4.78 is 2.36. The number of halogens is 1. The molecule has 7 heteroatoms. The molecule has 3 rings (SSSR count). The van der Waals surface area contributed by atoms with Gasteiger partial charge in [0.05, 0.1) is 16.9 Å². The van der Waals surface area contributed by atoms with E-state index in [9.17, 15) is 9.59 Å². The predicted octanol–water partition coefficient (Wildman–Crippen LogP) is 2.35. The number of carboxylic acids is 1. The highest BCUT2D eigenvalue weighted by atomic mass is 35.5. The minimum atomic E-state index is -1.08. The smallest absolute Gasteiger partial charge is 0.323 e. The second-order valence-corrected chi connectivity index (χ2v) is 5.42. The van der Waals surface area contributed by atoms with Crippen molar-refractivity contribution in [3.05, 3.63) is 39.9 Å². The molecule has 1 N–H and O–H groups in total. The van der Waals surface area contributed by atoms with Crippen LogP contribution in [0.5, 0.6) is 0 Å². The van der Waals surface area contributed by atoms with E-state index >= 15 is 0 Å². The zero-order valence-electron chi connectivity index (χ0n) is 9.46. The van der Waals surface area contributed by atoms with Crippen LogP contribution in [0.15, 0.2) is 29.3 Å². The number of fused-ring (bicyclic) bond motifs is 3. The maximum Gasteiger partial charge on any atom is 0.323 e. The molecule has 0 saturated heterocycles. The number of hydrogen-bond acceptors (Lipinski definition) is 4. The summed E-state index contributed by atoms with van der Waals surface area (Å²) in [5.74, 6) is -1.08. The molecule has 5 nitrogen and oxygen atoms in total. The molecule has 0 fully saturated rings. The van der Waals surface area contributed by atoms with Crippen LogP contribution in [0.1, 0.15) is 0 Å². The fourth-order valence-electron chi connectivity index (χ4n) is 1.93. The molecule has 0 saturated carbocycles. The molecule has 2 aromatic heterocycles. The molecule has 3 aromatic rings. The van der Waals surface area contributed by atoms with Gasteiger partial charge in [0.25, 0.3) is 5.56 Å². The molecule has 0 radical (unpaired) electrons. The Hall–Kier alpha value is -1.92. The van der Waals surface area contributed by atoms with Gasteiger partial charge in [-0.2, -0.15) is 0 Å². The normalized spacial score (nSPS) is 11.2. The van der Waals surface area contributed by atoms with Gasteiger partial charge in [-0.1, -0.05) is 17.7 Å². The van der Waals surface area contributed by atoms with Gasteiger partial charge in [-0.25, -0.2) is 4.98 Å². The minimum Gasteiger partial charge on any atom is -0.480 e. The van der Waals surface area contributed by atoms with Gasteiger partial charge in [0.2, 0.25) is 0 Å². The monoisotopic (exact) mass is 294 g/mol. The van der Waals surface area contributed by atoms with Crippen LogP contribution in [0.2, 0.25) is 5.02 Å². The summed E-state index contributed by atoms with van der Waals surface area (Å²) in [6.07, 6.45) is 1.24. The lowest BCUT2D eigenvalue weighted by atomic mass is 10.2. The third kappa shape index (κ3) is 1.89. The van der Waals surface area contributed by atoms with E-state index in [1.807, 2.05) is 6.07 Å². The Kier molecular flexibility index (Phi) is 2.76. The maximum atomic E-state index is 12.2. The van der Waals surface area contributed by atoms with Crippen molar-refractivity contribution in [1.82, 2.24) is 9.55 Å². The zero-order valence-corrected chi connectivity index (χ0v) is 11.0. The first-order valence-corrected chi connectivity index (χ1v) is 6.55. The van der Waals surface area contributed by atoms with Crippen LogP contribution in [-0.2, 0) is 11.3 Å². The SMILES string of the molecule is O=C(O)Cn1cnc2c(sc3cccc(Cl)c32)c1=O. The molecule has 0 aliphatic carbocycles. The number of carboxylic acid groups (broad SMARTS) is 1. The van der Waals surface area contributed by atoms with E-state index in [0.717, 1.165) is 14.7 Å². The number of hydrogen-bond donors (Lipinski definition) is 1. The summed E-state index contributed by atoms with van der Waals surface area (Å²) in [6.45, 7) is -0.399. The molecule has 0 aliphatic heterocycles. The molecule has 0 spiro atoms. The molecule has 0 aliphatic rings. The van der Waals surface area contributed by atoms with E-state index in [-0.39, 0.29) is 5.56 Å². The Bertz CT molecular complexity index is 868. The summed E-state index contributed by atoms with van der Waals surface area (Å²) in [4.78, 5) is 27.0. The lowest BCUT2D eigenvalue weighted by Crippen LogP contribution is -2.23. The third-order valence-electron chi connectivity index (χ3n) is 2.73. The van der Waals surface area contributed by atoms with Crippen molar-refractivity contribution >= 4 is 49.2 Å². The average molecular weight is 295 g/mol. The van der Waals surface area contributed by atoms with E-state index in [1.165, 1.54) is 17.7 Å². The molecular weight excluding hydrogens is 288 g/mol. The van der Waals surface area contributed by atoms with Gasteiger partial charge in [0.15, 0.2) is 0 Å². The van der Waals surface area contributed by atoms with Crippen molar-refractivity contribution in [1.29, 1.82) is 0 Å². The zero-order chi connectivity index (χ0) is 13.6. The van der Waals surface area contributed by atoms with E-state index in [4.69, 9.17) is 16.7 Å². The molecule has 0 bridgehead atoms. The van der Waals surface area contributed by atoms with Gasteiger partial charge >= 0.3 is 5.97 Å². The lowest BCUT2D eigenvalue weighted by molar-refractivity contribution is -0.137. The molecule has 1 aromatic carbocycles. The quantitative estimate of drug-likeness (QED) is 0.787. The van der Waals surface area contributed by atoms with E-state index in [0.29, 0.717) is 15.2 Å². The number of nitrogens with zero attached hydrogens (tertiary/aromatic N) is 2. The fraction of sp³-hybridized carbons (Fsp3) is 0.0833. The highest BCUT2D eigenvalue weighted by Crippen LogP contribution is 2.34. The van der Waals surface area contributed by atoms with Crippen molar-refractivity contribution in [3.63, 3.8) is 0 Å². The highest BCUT2D eigenvalue weighted by Gasteiger charge is 2.14. The van der Waals surface area contributed by atoms with Crippen LogP contribution in [0.25, 0.3) is 20.3 Å². The molecule has 0 amide bonds. The number of thiophene rings is 1. The standard InChI is InChI=1S/C12H7ClN2O3S/c13-6-2-1-3-7-9(6)10-11(19-7)12(18)15(5-14-10)4-8(16)17/h1-3,5H,4H2,(H,16,17). The lowest BCUT2D eigenvalue weighted by Gasteiger charge is -2.00. The Morgan fingerprint density at radius 1 is 1.47 bits per heavy atom. The first-order valence-electron chi connectivity index (χ1n) is 5.36. The number of carbonyl (C=O) groups is 1. The van der Waals surface area contributed by atoms with Crippen molar-refractivity contribution in [3.8, 4) is 0 Å². The van der Waals surface area contributed by atoms with E-state index in [1.54, 1.807) is 12.1 Å². The van der Waals surface area contributed by atoms with Crippen LogP contribution in [0.4, 0.5) is 0 Å². The first-order chi connectivity index (χ1) is 9.08.